The van der Waals surface area contributed by atoms with E-state index in [1.54, 1.807) is 6.33 Å². The standard InChI is InChI=1S/C17H32N4/c1-6-18-15(14-7-9-17(4,5)10-8-14)11-16-19-12-20-21(16)13(2)3/h12-15,18H,6-11H2,1-5H3. The van der Waals surface area contributed by atoms with Crippen molar-refractivity contribution < 1.29 is 0 Å². The molecule has 0 spiro atoms. The number of hydrogen-bond donors (Lipinski definition) is 1. The number of hydrogen-bond acceptors (Lipinski definition) is 3. The minimum absolute atomic E-state index is 0.384. The average molecular weight is 292 g/mol. The number of rotatable bonds is 6. The summed E-state index contributed by atoms with van der Waals surface area (Å²) >= 11 is 0. The molecule has 4 nitrogen and oxygen atoms in total. The summed E-state index contributed by atoms with van der Waals surface area (Å²) < 4.78 is 2.07. The van der Waals surface area contributed by atoms with E-state index in [4.69, 9.17) is 0 Å². The molecule has 1 aliphatic carbocycles. The van der Waals surface area contributed by atoms with Crippen molar-refractivity contribution in [1.29, 1.82) is 0 Å². The summed E-state index contributed by atoms with van der Waals surface area (Å²) in [6.45, 7) is 12.4. The van der Waals surface area contributed by atoms with Gasteiger partial charge in [-0.3, -0.25) is 0 Å². The summed E-state index contributed by atoms with van der Waals surface area (Å²) in [6.07, 6.45) is 8.05. The Labute approximate surface area is 129 Å². The van der Waals surface area contributed by atoms with Gasteiger partial charge in [0.2, 0.25) is 0 Å². The first-order chi connectivity index (χ1) is 9.93. The molecule has 1 unspecified atom stereocenters. The lowest BCUT2D eigenvalue weighted by Gasteiger charge is -2.38. The molecule has 0 aromatic carbocycles. The van der Waals surface area contributed by atoms with Gasteiger partial charge in [0.15, 0.2) is 0 Å². The van der Waals surface area contributed by atoms with Gasteiger partial charge >= 0.3 is 0 Å². The Bertz CT molecular complexity index is 426. The monoisotopic (exact) mass is 292 g/mol. The van der Waals surface area contributed by atoms with Crippen molar-refractivity contribution in [2.24, 2.45) is 11.3 Å². The molecule has 120 valence electrons. The van der Waals surface area contributed by atoms with Crippen molar-refractivity contribution in [2.45, 2.75) is 78.8 Å². The van der Waals surface area contributed by atoms with Crippen LogP contribution in [0.4, 0.5) is 0 Å². The Kier molecular flexibility index (Phi) is 5.42. The molecule has 1 saturated carbocycles. The van der Waals surface area contributed by atoms with Gasteiger partial charge in [0.25, 0.3) is 0 Å². The Morgan fingerprint density at radius 2 is 2.00 bits per heavy atom. The zero-order chi connectivity index (χ0) is 15.5. The van der Waals surface area contributed by atoms with Gasteiger partial charge in [0.1, 0.15) is 12.2 Å². The van der Waals surface area contributed by atoms with Gasteiger partial charge in [-0.1, -0.05) is 20.8 Å². The Hall–Kier alpha value is -0.900. The lowest BCUT2D eigenvalue weighted by Crippen LogP contribution is -2.41. The van der Waals surface area contributed by atoms with Crippen LogP contribution < -0.4 is 5.32 Å². The van der Waals surface area contributed by atoms with E-state index in [0.717, 1.165) is 24.7 Å². The molecular weight excluding hydrogens is 260 g/mol. The molecular formula is C17H32N4. The number of nitrogens with one attached hydrogen (secondary N) is 1. The van der Waals surface area contributed by atoms with Gasteiger partial charge in [-0.05, 0) is 57.4 Å². The van der Waals surface area contributed by atoms with Crippen LogP contribution in [0.15, 0.2) is 6.33 Å². The third kappa shape index (κ3) is 4.29. The largest absolute Gasteiger partial charge is 0.314 e. The van der Waals surface area contributed by atoms with Crippen LogP contribution in [0.3, 0.4) is 0 Å². The van der Waals surface area contributed by atoms with Crippen LogP contribution in [0.1, 0.15) is 72.2 Å². The van der Waals surface area contributed by atoms with Crippen LogP contribution in [0, 0.1) is 11.3 Å². The normalized spacial score (nSPS) is 20.9. The first-order valence-corrected chi connectivity index (χ1v) is 8.54. The van der Waals surface area contributed by atoms with Crippen LogP contribution in [0.5, 0.6) is 0 Å². The molecule has 1 aromatic heterocycles. The molecule has 4 heteroatoms. The molecule has 1 aliphatic rings. The molecule has 0 amide bonds. The predicted molar refractivity (Wildman–Crippen MR) is 87.3 cm³/mol. The zero-order valence-corrected chi connectivity index (χ0v) is 14.4. The molecule has 0 aliphatic heterocycles. The van der Waals surface area contributed by atoms with E-state index in [2.05, 4.69) is 54.7 Å². The molecule has 1 aromatic rings. The minimum atomic E-state index is 0.384. The maximum atomic E-state index is 4.49. The molecule has 1 N–H and O–H groups in total. The van der Waals surface area contributed by atoms with Crippen LogP contribution in [-0.4, -0.2) is 27.4 Å². The van der Waals surface area contributed by atoms with E-state index in [9.17, 15) is 0 Å². The molecule has 1 fully saturated rings. The van der Waals surface area contributed by atoms with Gasteiger partial charge in [0.05, 0.1) is 0 Å². The van der Waals surface area contributed by atoms with Crippen molar-refractivity contribution >= 4 is 0 Å². The fourth-order valence-corrected chi connectivity index (χ4v) is 3.54. The van der Waals surface area contributed by atoms with E-state index in [1.807, 2.05) is 0 Å². The zero-order valence-electron chi connectivity index (χ0n) is 14.4. The first-order valence-electron chi connectivity index (χ1n) is 8.54. The van der Waals surface area contributed by atoms with Gasteiger partial charge in [-0.2, -0.15) is 5.10 Å². The quantitative estimate of drug-likeness (QED) is 0.871. The van der Waals surface area contributed by atoms with E-state index in [1.165, 1.54) is 25.7 Å². The van der Waals surface area contributed by atoms with Gasteiger partial charge < -0.3 is 5.32 Å². The molecule has 21 heavy (non-hydrogen) atoms. The van der Waals surface area contributed by atoms with Crippen LogP contribution in [0.2, 0.25) is 0 Å². The highest BCUT2D eigenvalue weighted by atomic mass is 15.3. The van der Waals surface area contributed by atoms with Crippen molar-refractivity contribution in [3.8, 4) is 0 Å². The smallest absolute Gasteiger partial charge is 0.138 e. The number of aromatic nitrogens is 3. The fourth-order valence-electron chi connectivity index (χ4n) is 3.54. The van der Waals surface area contributed by atoms with Crippen molar-refractivity contribution in [3.05, 3.63) is 12.2 Å². The van der Waals surface area contributed by atoms with Crippen molar-refractivity contribution in [2.75, 3.05) is 6.54 Å². The summed E-state index contributed by atoms with van der Waals surface area (Å²) in [5, 5.41) is 8.08. The minimum Gasteiger partial charge on any atom is -0.314 e. The lowest BCUT2D eigenvalue weighted by molar-refractivity contribution is 0.160. The van der Waals surface area contributed by atoms with Crippen molar-refractivity contribution in [1.82, 2.24) is 20.1 Å². The van der Waals surface area contributed by atoms with Crippen LogP contribution in [-0.2, 0) is 6.42 Å². The highest BCUT2D eigenvalue weighted by Crippen LogP contribution is 2.39. The summed E-state index contributed by atoms with van der Waals surface area (Å²) in [6, 6.07) is 0.919. The van der Waals surface area contributed by atoms with Crippen molar-refractivity contribution in [3.63, 3.8) is 0 Å². The van der Waals surface area contributed by atoms with Gasteiger partial charge in [-0.15, -0.1) is 0 Å². The van der Waals surface area contributed by atoms with E-state index in [0.29, 0.717) is 17.5 Å². The maximum Gasteiger partial charge on any atom is 0.138 e. The summed E-state index contributed by atoms with van der Waals surface area (Å²) in [5.41, 5.74) is 0.533. The molecule has 0 radical (unpaired) electrons. The molecule has 1 atom stereocenters. The fraction of sp³-hybridized carbons (Fsp3) is 0.882. The topological polar surface area (TPSA) is 42.7 Å². The van der Waals surface area contributed by atoms with E-state index in [-0.39, 0.29) is 0 Å². The van der Waals surface area contributed by atoms with E-state index >= 15 is 0 Å². The summed E-state index contributed by atoms with van der Waals surface area (Å²) in [5.74, 6) is 1.90. The lowest BCUT2D eigenvalue weighted by atomic mass is 9.70. The second kappa shape index (κ2) is 6.91. The summed E-state index contributed by atoms with van der Waals surface area (Å²) in [7, 11) is 0. The maximum absolute atomic E-state index is 4.49. The molecule has 0 bridgehead atoms. The number of nitrogens with zero attached hydrogens (tertiary/aromatic N) is 3. The second-order valence-electron chi connectivity index (χ2n) is 7.58. The molecule has 0 saturated heterocycles. The Morgan fingerprint density at radius 1 is 1.33 bits per heavy atom. The van der Waals surface area contributed by atoms with Crippen LogP contribution in [0.25, 0.3) is 0 Å². The summed E-state index contributed by atoms with van der Waals surface area (Å²) in [4.78, 5) is 4.49. The molecule has 1 heterocycles. The third-order valence-corrected chi connectivity index (χ3v) is 4.96. The van der Waals surface area contributed by atoms with Crippen LogP contribution >= 0.6 is 0 Å². The van der Waals surface area contributed by atoms with E-state index < -0.39 is 0 Å². The SMILES string of the molecule is CCNC(Cc1ncnn1C(C)C)C1CCC(C)(C)CC1. The van der Waals surface area contributed by atoms with Gasteiger partial charge in [-0.25, -0.2) is 9.67 Å². The average Bonchev–Trinajstić information content (AvgIpc) is 2.87. The highest BCUT2D eigenvalue weighted by Gasteiger charge is 2.31. The van der Waals surface area contributed by atoms with Gasteiger partial charge in [0, 0.05) is 18.5 Å². The molecule has 2 rings (SSSR count). The number of likely N-dealkylation sites (N-methyl/N-ethyl adjacent to an activating group) is 1. The third-order valence-electron chi connectivity index (χ3n) is 4.96. The Balaban J connectivity index is 2.04. The Morgan fingerprint density at radius 3 is 2.57 bits per heavy atom. The predicted octanol–water partition coefficient (Wildman–Crippen LogP) is 3.60. The first kappa shape index (κ1) is 16.5. The second-order valence-corrected chi connectivity index (χ2v) is 7.58. The highest BCUT2D eigenvalue weighted by molar-refractivity contribution is 4.95.